The van der Waals surface area contributed by atoms with Crippen molar-refractivity contribution in [2.45, 2.75) is 41.5 Å². The van der Waals surface area contributed by atoms with E-state index in [1.54, 1.807) is 34.0 Å². The second kappa shape index (κ2) is 13.5. The first-order chi connectivity index (χ1) is 12.4. The maximum atomic E-state index is 4.88. The second-order valence-electron chi connectivity index (χ2n) is 5.20. The van der Waals surface area contributed by atoms with E-state index in [2.05, 4.69) is 75.3 Å². The first kappa shape index (κ1) is 26.3. The summed E-state index contributed by atoms with van der Waals surface area (Å²) >= 11 is 17.3. The van der Waals surface area contributed by atoms with Crippen LogP contribution >= 0.6 is 74.4 Å². The van der Waals surface area contributed by atoms with Crippen molar-refractivity contribution >= 4 is 79.5 Å². The lowest BCUT2D eigenvalue weighted by Crippen LogP contribution is -2.18. The van der Waals surface area contributed by atoms with Crippen LogP contribution < -0.4 is 11.5 Å². The normalized spacial score (nSPS) is 9.15. The number of halogens is 1. The van der Waals surface area contributed by atoms with Gasteiger partial charge in [-0.15, -0.1) is 34.0 Å². The van der Waals surface area contributed by atoms with Gasteiger partial charge in [0, 0.05) is 20.3 Å². The van der Waals surface area contributed by atoms with Crippen molar-refractivity contribution in [3.8, 4) is 0 Å². The maximum Gasteiger partial charge on any atom is 0.160 e. The number of hydrogen-bond acceptors (Lipinski definition) is 7. The molecule has 0 saturated heterocycles. The van der Waals surface area contributed by atoms with Gasteiger partial charge in [-0.1, -0.05) is 0 Å². The van der Waals surface area contributed by atoms with Crippen LogP contribution in [0.5, 0.6) is 0 Å². The molecule has 3 aromatic heterocycles. The fourth-order valence-electron chi connectivity index (χ4n) is 1.28. The van der Waals surface area contributed by atoms with Crippen LogP contribution in [0.1, 0.15) is 31.7 Å². The number of nitrogens with one attached hydrogen (secondary N) is 1. The number of H-pyrrole nitrogens is 1. The van der Waals surface area contributed by atoms with Crippen molar-refractivity contribution in [3.05, 3.63) is 45.1 Å². The Labute approximate surface area is 191 Å². The molecule has 0 saturated carbocycles. The molecular weight excluding hydrogens is 502 g/mol. The summed E-state index contributed by atoms with van der Waals surface area (Å²) in [6.45, 7) is 12.3. The number of aryl methyl sites for hydroxylation is 6. The zero-order valence-corrected chi connectivity index (χ0v) is 21.7. The van der Waals surface area contributed by atoms with Gasteiger partial charge in [-0.3, -0.25) is 0 Å². The molecule has 27 heavy (non-hydrogen) atoms. The van der Waals surface area contributed by atoms with Gasteiger partial charge in [0.05, 0.1) is 16.9 Å². The van der Waals surface area contributed by atoms with E-state index in [4.69, 9.17) is 12.2 Å². The molecule has 5 N–H and O–H groups in total. The van der Waals surface area contributed by atoms with Gasteiger partial charge in [0.15, 0.2) is 13.0 Å². The quantitative estimate of drug-likeness (QED) is 0.316. The van der Waals surface area contributed by atoms with Gasteiger partial charge in [0.2, 0.25) is 0 Å². The fourth-order valence-corrected chi connectivity index (χ4v) is 4.71. The van der Waals surface area contributed by atoms with E-state index >= 15 is 0 Å². The average Bonchev–Trinajstić information content (AvgIpc) is 3.13. The minimum Gasteiger partial charge on any atom is -0.377 e. The number of aromatic amines is 1. The largest absolute Gasteiger partial charge is 0.377 e. The standard InChI is InChI=1S/C5H6BrNS.C5H7NS2.C5H7NS.CH4N2S/c1-3-4(2)8-5(6)7-3;1-3-4(2)8-5(7)6-3;1-4-5(2)7-3-6-4;2-1(3)4/h1-2H3;1-2H3,(H,6,7);3H,1-2H3;(H4,2,3,4). The topological polar surface area (TPSA) is 93.6 Å². The van der Waals surface area contributed by atoms with Crippen molar-refractivity contribution in [2.24, 2.45) is 11.5 Å². The van der Waals surface area contributed by atoms with Crippen molar-refractivity contribution in [1.82, 2.24) is 15.0 Å². The Morgan fingerprint density at radius 1 is 1.00 bits per heavy atom. The average molecular weight is 527 g/mol. The third-order valence-corrected chi connectivity index (χ3v) is 6.69. The molecule has 0 amide bonds. The number of thiazole rings is 3. The molecule has 3 aromatic rings. The zero-order chi connectivity index (χ0) is 21.1. The van der Waals surface area contributed by atoms with E-state index in [1.165, 1.54) is 20.3 Å². The van der Waals surface area contributed by atoms with Crippen LogP contribution in [-0.2, 0) is 0 Å². The Kier molecular flexibility index (Phi) is 13.1. The van der Waals surface area contributed by atoms with Gasteiger partial charge >= 0.3 is 0 Å². The van der Waals surface area contributed by atoms with Crippen molar-refractivity contribution in [3.63, 3.8) is 0 Å². The number of nitrogens with zero attached hydrogens (tertiary/aromatic N) is 2. The van der Waals surface area contributed by atoms with E-state index in [0.717, 1.165) is 19.3 Å². The summed E-state index contributed by atoms with van der Waals surface area (Å²) in [5.74, 6) is 0. The Bertz CT molecular complexity index is 831. The molecule has 11 heteroatoms. The molecular formula is C16H24BrN5S5. The summed E-state index contributed by atoms with van der Waals surface area (Å²) in [5, 5.41) is 0.000000000000000222. The number of nitrogens with two attached hydrogens (primary N) is 2. The molecule has 0 aliphatic heterocycles. The summed E-state index contributed by atoms with van der Waals surface area (Å²) in [5.41, 5.74) is 14.6. The lowest BCUT2D eigenvalue weighted by atomic mass is 10.4. The number of aromatic nitrogens is 3. The molecule has 0 aromatic carbocycles. The summed E-state index contributed by atoms with van der Waals surface area (Å²) in [6, 6.07) is 0. The van der Waals surface area contributed by atoms with E-state index in [9.17, 15) is 0 Å². The molecule has 0 aliphatic rings. The maximum absolute atomic E-state index is 4.88. The van der Waals surface area contributed by atoms with Gasteiger partial charge in [-0.25, -0.2) is 9.97 Å². The lowest BCUT2D eigenvalue weighted by molar-refractivity contribution is 1.21. The Morgan fingerprint density at radius 3 is 1.67 bits per heavy atom. The molecule has 3 rings (SSSR count). The second-order valence-corrected chi connectivity index (χ2v) is 11.1. The molecule has 0 radical (unpaired) electrons. The van der Waals surface area contributed by atoms with E-state index in [0.29, 0.717) is 0 Å². The summed E-state index contributed by atoms with van der Waals surface area (Å²) in [4.78, 5) is 15.1. The number of hydrogen-bond donors (Lipinski definition) is 3. The van der Waals surface area contributed by atoms with Crippen LogP contribution in [0.15, 0.2) is 9.43 Å². The van der Waals surface area contributed by atoms with E-state index in [-0.39, 0.29) is 5.11 Å². The third-order valence-electron chi connectivity index (χ3n) is 3.05. The smallest absolute Gasteiger partial charge is 0.160 e. The molecule has 0 aliphatic carbocycles. The van der Waals surface area contributed by atoms with E-state index < -0.39 is 0 Å². The lowest BCUT2D eigenvalue weighted by Gasteiger charge is -1.79. The van der Waals surface area contributed by atoms with Crippen LogP contribution in [0.3, 0.4) is 0 Å². The highest BCUT2D eigenvalue weighted by molar-refractivity contribution is 9.11. The first-order valence-corrected chi connectivity index (χ1v) is 11.7. The predicted molar refractivity (Wildman–Crippen MR) is 131 cm³/mol. The van der Waals surface area contributed by atoms with Crippen LogP contribution in [0.25, 0.3) is 0 Å². The zero-order valence-electron chi connectivity index (χ0n) is 16.0. The molecule has 150 valence electrons. The molecule has 0 atom stereocenters. The molecule has 0 unspecified atom stereocenters. The number of rotatable bonds is 0. The minimum absolute atomic E-state index is 0.000000000000000222. The van der Waals surface area contributed by atoms with E-state index in [1.807, 2.05) is 26.3 Å². The number of thiocarbonyl (C=S) groups is 1. The van der Waals surface area contributed by atoms with Crippen LogP contribution in [0.4, 0.5) is 0 Å². The first-order valence-electron chi connectivity index (χ1n) is 7.61. The molecule has 0 fully saturated rings. The molecule has 3 heterocycles. The van der Waals surface area contributed by atoms with Crippen LogP contribution in [0.2, 0.25) is 0 Å². The summed E-state index contributed by atoms with van der Waals surface area (Å²) in [6.07, 6.45) is 0. The van der Waals surface area contributed by atoms with Gasteiger partial charge in [-0.05, 0) is 81.9 Å². The highest BCUT2D eigenvalue weighted by Crippen LogP contribution is 2.20. The van der Waals surface area contributed by atoms with Gasteiger partial charge < -0.3 is 16.5 Å². The van der Waals surface area contributed by atoms with Crippen molar-refractivity contribution in [2.75, 3.05) is 0 Å². The van der Waals surface area contributed by atoms with Gasteiger partial charge in [0.25, 0.3) is 0 Å². The summed E-state index contributed by atoms with van der Waals surface area (Å²) < 4.78 is 1.85. The van der Waals surface area contributed by atoms with Crippen LogP contribution in [-0.4, -0.2) is 20.1 Å². The Balaban J connectivity index is 0.000000344. The molecule has 0 spiro atoms. The minimum atomic E-state index is 0.000000000000000222. The highest BCUT2D eigenvalue weighted by atomic mass is 79.9. The van der Waals surface area contributed by atoms with Gasteiger partial charge in [-0.2, -0.15) is 0 Å². The molecule has 5 nitrogen and oxygen atoms in total. The van der Waals surface area contributed by atoms with Crippen LogP contribution in [0, 0.1) is 45.5 Å². The highest BCUT2D eigenvalue weighted by Gasteiger charge is 1.97. The van der Waals surface area contributed by atoms with Crippen molar-refractivity contribution < 1.29 is 0 Å². The monoisotopic (exact) mass is 525 g/mol. The molecule has 0 bridgehead atoms. The third kappa shape index (κ3) is 12.4. The van der Waals surface area contributed by atoms with Crippen molar-refractivity contribution in [1.29, 1.82) is 0 Å². The Hall–Kier alpha value is -0.720. The SMILES string of the molecule is Cc1[nH]c(=S)sc1C.Cc1nc(Br)sc1C.Cc1ncsc1C.NC(N)=S. The fraction of sp³-hybridized carbons (Fsp3) is 0.375. The summed E-state index contributed by atoms with van der Waals surface area (Å²) in [7, 11) is 0. The predicted octanol–water partition coefficient (Wildman–Crippen LogP) is 5.89. The van der Waals surface area contributed by atoms with Gasteiger partial charge in [0.1, 0.15) is 0 Å². The Morgan fingerprint density at radius 2 is 1.56 bits per heavy atom.